The number of carboxylic acid groups (broad SMARTS) is 3. The van der Waals surface area contributed by atoms with Crippen LogP contribution in [0.1, 0.15) is 6.92 Å². The molecule has 0 aromatic carbocycles. The number of carbonyl (C=O) groups excluding carboxylic acids is 1. The van der Waals surface area contributed by atoms with Gasteiger partial charge in [-0.3, -0.25) is 4.79 Å². The molecule has 0 spiro atoms. The predicted molar refractivity (Wildman–Crippen MR) is 63.5 cm³/mol. The van der Waals surface area contributed by atoms with Crippen molar-refractivity contribution in [3.63, 3.8) is 0 Å². The number of hydrogen-bond donors (Lipinski definition) is 5. The zero-order chi connectivity index (χ0) is 14.7. The molecule has 0 heterocycles. The molecule has 1 unspecified atom stereocenters. The number of carbonyl (C=O) groups is 4. The smallest absolute Gasteiger partial charge is 0.328 e. The van der Waals surface area contributed by atoms with Gasteiger partial charge in [-0.15, -0.1) is 0 Å². The van der Waals surface area contributed by atoms with Gasteiger partial charge in [0.2, 0.25) is 5.91 Å². The number of aliphatic carboxylic acids is 3. The Hall–Kier alpha value is -2.03. The molecule has 0 aromatic heterocycles. The highest BCUT2D eigenvalue weighted by Gasteiger charge is 2.15. The van der Waals surface area contributed by atoms with Gasteiger partial charge < -0.3 is 20.6 Å². The average molecular weight is 279 g/mol. The lowest BCUT2D eigenvalue weighted by Gasteiger charge is -2.08. The van der Waals surface area contributed by atoms with Crippen molar-refractivity contribution >= 4 is 36.4 Å². The van der Waals surface area contributed by atoms with Gasteiger partial charge in [-0.25, -0.2) is 14.4 Å². The third-order valence-corrected chi connectivity index (χ3v) is 1.59. The number of amides is 1. The maximum Gasteiger partial charge on any atom is 0.328 e. The van der Waals surface area contributed by atoms with Crippen LogP contribution in [0.4, 0.5) is 0 Å². The van der Waals surface area contributed by atoms with Crippen molar-refractivity contribution in [2.24, 2.45) is 0 Å². The van der Waals surface area contributed by atoms with E-state index in [0.29, 0.717) is 12.2 Å². The average Bonchev–Trinajstić information content (AvgIpc) is 2.23. The molecule has 0 radical (unpaired) electrons. The van der Waals surface area contributed by atoms with Gasteiger partial charge in [-0.1, -0.05) is 0 Å². The molecular weight excluding hydrogens is 266 g/mol. The van der Waals surface area contributed by atoms with Crippen LogP contribution in [-0.2, 0) is 19.2 Å². The first-order chi connectivity index (χ1) is 8.20. The van der Waals surface area contributed by atoms with Crippen molar-refractivity contribution in [3.05, 3.63) is 12.2 Å². The van der Waals surface area contributed by atoms with E-state index in [1.54, 1.807) is 0 Å². The largest absolute Gasteiger partial charge is 0.480 e. The first-order valence-corrected chi connectivity index (χ1v) is 5.08. The lowest BCUT2D eigenvalue weighted by atomic mass is 10.3. The Balaban J connectivity index is 0. The fraction of sp³-hybridized carbons (Fsp3) is 0.333. The zero-order valence-electron chi connectivity index (χ0n) is 9.36. The molecule has 0 rings (SSSR count). The summed E-state index contributed by atoms with van der Waals surface area (Å²) in [5.41, 5.74) is 0. The van der Waals surface area contributed by atoms with Crippen LogP contribution in [0.25, 0.3) is 0 Å². The van der Waals surface area contributed by atoms with Gasteiger partial charge in [-0.2, -0.15) is 12.6 Å². The monoisotopic (exact) mass is 279 g/mol. The molecule has 8 nitrogen and oxygen atoms in total. The number of rotatable bonds is 5. The Kier molecular flexibility index (Phi) is 10.3. The third kappa shape index (κ3) is 14.0. The maximum absolute atomic E-state index is 10.3. The second-order valence-corrected chi connectivity index (χ2v) is 3.15. The second-order valence-electron chi connectivity index (χ2n) is 2.78. The Labute approximate surface area is 108 Å². The van der Waals surface area contributed by atoms with Crippen LogP contribution in [0, 0.1) is 0 Å². The van der Waals surface area contributed by atoms with Gasteiger partial charge in [0, 0.05) is 24.8 Å². The van der Waals surface area contributed by atoms with Crippen molar-refractivity contribution in [1.29, 1.82) is 0 Å². The lowest BCUT2D eigenvalue weighted by molar-refractivity contribution is -0.140. The highest BCUT2D eigenvalue weighted by atomic mass is 32.1. The molecule has 18 heavy (non-hydrogen) atoms. The normalized spacial score (nSPS) is 11.0. The highest BCUT2D eigenvalue weighted by molar-refractivity contribution is 7.80. The summed E-state index contributed by atoms with van der Waals surface area (Å²) in [4.78, 5) is 39.6. The summed E-state index contributed by atoms with van der Waals surface area (Å²) >= 11 is 3.73. The van der Waals surface area contributed by atoms with Crippen molar-refractivity contribution in [1.82, 2.24) is 5.32 Å². The minimum Gasteiger partial charge on any atom is -0.480 e. The fourth-order valence-corrected chi connectivity index (χ4v) is 0.821. The van der Waals surface area contributed by atoms with Gasteiger partial charge in [0.15, 0.2) is 0 Å². The number of thiol groups is 1. The van der Waals surface area contributed by atoms with Crippen molar-refractivity contribution < 1.29 is 34.5 Å². The van der Waals surface area contributed by atoms with Crippen LogP contribution in [0.15, 0.2) is 12.2 Å². The van der Waals surface area contributed by atoms with Gasteiger partial charge in [0.25, 0.3) is 0 Å². The molecule has 9 heteroatoms. The van der Waals surface area contributed by atoms with E-state index in [4.69, 9.17) is 15.3 Å². The van der Waals surface area contributed by atoms with Crippen molar-refractivity contribution in [3.8, 4) is 0 Å². The standard InChI is InChI=1S/C5H9NO3S.C4H4O4/c1-3(7)6-4(2-10)5(8)9;5-3(6)1-2-4(7)8/h4,10H,2H2,1H3,(H,6,7)(H,8,9);1-2H,(H,5,6)(H,7,8)/b;2-1-. The molecule has 1 amide bonds. The van der Waals surface area contributed by atoms with E-state index in [0.717, 1.165) is 0 Å². The van der Waals surface area contributed by atoms with E-state index < -0.39 is 23.9 Å². The fourth-order valence-electron chi connectivity index (χ4n) is 0.573. The first kappa shape index (κ1) is 18.3. The summed E-state index contributed by atoms with van der Waals surface area (Å²) < 4.78 is 0. The van der Waals surface area contributed by atoms with E-state index in [9.17, 15) is 19.2 Å². The molecule has 0 bridgehead atoms. The quantitative estimate of drug-likeness (QED) is 0.328. The summed E-state index contributed by atoms with van der Waals surface area (Å²) in [6.07, 6.45) is 1.12. The molecule has 0 aliphatic rings. The topological polar surface area (TPSA) is 141 Å². The molecule has 1 atom stereocenters. The molecule has 0 saturated carbocycles. The van der Waals surface area contributed by atoms with Gasteiger partial charge in [-0.05, 0) is 0 Å². The van der Waals surface area contributed by atoms with E-state index in [1.165, 1.54) is 6.92 Å². The van der Waals surface area contributed by atoms with Crippen LogP contribution in [0.3, 0.4) is 0 Å². The molecular formula is C9H13NO7S. The van der Waals surface area contributed by atoms with Crippen molar-refractivity contribution in [2.75, 3.05) is 5.75 Å². The summed E-state index contributed by atoms with van der Waals surface area (Å²) in [6, 6.07) is -0.874. The molecule has 0 aliphatic heterocycles. The number of carboxylic acids is 3. The molecule has 4 N–H and O–H groups in total. The van der Waals surface area contributed by atoms with Gasteiger partial charge in [0.05, 0.1) is 0 Å². The summed E-state index contributed by atoms with van der Waals surface area (Å²) in [5.74, 6) is -3.83. The molecule has 102 valence electrons. The Morgan fingerprint density at radius 2 is 1.50 bits per heavy atom. The van der Waals surface area contributed by atoms with Crippen molar-refractivity contribution in [2.45, 2.75) is 13.0 Å². The Bertz CT molecular complexity index is 337. The Morgan fingerprint density at radius 3 is 1.61 bits per heavy atom. The highest BCUT2D eigenvalue weighted by Crippen LogP contribution is 1.86. The predicted octanol–water partition coefficient (Wildman–Crippen LogP) is -0.783. The van der Waals surface area contributed by atoms with Gasteiger partial charge >= 0.3 is 17.9 Å². The molecule has 0 saturated heterocycles. The summed E-state index contributed by atoms with van der Waals surface area (Å²) in [5, 5.41) is 26.2. The molecule has 0 aliphatic carbocycles. The molecule has 0 aromatic rings. The zero-order valence-corrected chi connectivity index (χ0v) is 10.3. The summed E-state index contributed by atoms with van der Waals surface area (Å²) in [7, 11) is 0. The van der Waals surface area contributed by atoms with E-state index in [1.807, 2.05) is 0 Å². The van der Waals surface area contributed by atoms with Crippen LogP contribution in [-0.4, -0.2) is 50.9 Å². The Morgan fingerprint density at radius 1 is 1.11 bits per heavy atom. The third-order valence-electron chi connectivity index (χ3n) is 1.23. The van der Waals surface area contributed by atoms with Crippen LogP contribution in [0.5, 0.6) is 0 Å². The van der Waals surface area contributed by atoms with Crippen LogP contribution < -0.4 is 5.32 Å². The van der Waals surface area contributed by atoms with Crippen LogP contribution >= 0.6 is 12.6 Å². The minimum absolute atomic E-state index is 0.106. The number of nitrogens with one attached hydrogen (secondary N) is 1. The minimum atomic E-state index is -1.26. The van der Waals surface area contributed by atoms with E-state index in [2.05, 4.69) is 17.9 Å². The molecule has 0 fully saturated rings. The summed E-state index contributed by atoms with van der Waals surface area (Å²) in [6.45, 7) is 1.26. The van der Waals surface area contributed by atoms with Gasteiger partial charge in [0.1, 0.15) is 6.04 Å². The number of hydrogen-bond acceptors (Lipinski definition) is 5. The van der Waals surface area contributed by atoms with Crippen LogP contribution in [0.2, 0.25) is 0 Å². The SMILES string of the molecule is CC(=O)NC(CS)C(=O)O.O=C(O)/C=C\C(=O)O. The lowest BCUT2D eigenvalue weighted by Crippen LogP contribution is -2.40. The maximum atomic E-state index is 10.3. The van der Waals surface area contributed by atoms with E-state index in [-0.39, 0.29) is 11.7 Å². The van der Waals surface area contributed by atoms with E-state index >= 15 is 0 Å². The first-order valence-electron chi connectivity index (χ1n) is 4.45. The second kappa shape index (κ2) is 10.1.